The first kappa shape index (κ1) is 12.6. The van der Waals surface area contributed by atoms with Gasteiger partial charge in [-0.1, -0.05) is 11.6 Å². The molecule has 20 heavy (non-hydrogen) atoms. The zero-order valence-electron chi connectivity index (χ0n) is 10.5. The summed E-state index contributed by atoms with van der Waals surface area (Å²) in [6.07, 6.45) is 6.92. The predicted octanol–water partition coefficient (Wildman–Crippen LogP) is 3.73. The maximum Gasteiger partial charge on any atom is 0.0738 e. The van der Waals surface area contributed by atoms with Crippen molar-refractivity contribution >= 4 is 34.4 Å². The third-order valence-electron chi connectivity index (χ3n) is 2.81. The Morgan fingerprint density at radius 3 is 2.75 bits per heavy atom. The fraction of sp³-hybridized carbons (Fsp3) is 0. The summed E-state index contributed by atoms with van der Waals surface area (Å²) in [5.41, 5.74) is 5.72. The molecule has 0 saturated carbocycles. The lowest BCUT2D eigenvalue weighted by Gasteiger charge is -2.05. The molecule has 0 radical (unpaired) electrons. The molecule has 0 atom stereocenters. The van der Waals surface area contributed by atoms with Gasteiger partial charge in [-0.2, -0.15) is 5.10 Å². The number of pyridine rings is 2. The number of rotatable bonds is 3. The van der Waals surface area contributed by atoms with Gasteiger partial charge in [0.2, 0.25) is 0 Å². The number of hydrazone groups is 1. The molecular formula is C15H11ClN4. The molecule has 0 aliphatic carbocycles. The largest absolute Gasteiger partial charge is 0.278 e. The van der Waals surface area contributed by atoms with Crippen LogP contribution >= 0.6 is 11.6 Å². The van der Waals surface area contributed by atoms with Gasteiger partial charge < -0.3 is 0 Å². The first-order valence-corrected chi connectivity index (χ1v) is 6.44. The normalized spacial score (nSPS) is 11.1. The van der Waals surface area contributed by atoms with Gasteiger partial charge in [-0.3, -0.25) is 15.4 Å². The number of nitrogens with one attached hydrogen (secondary N) is 1. The summed E-state index contributed by atoms with van der Waals surface area (Å²) in [5.74, 6) is 0. The average Bonchev–Trinajstić information content (AvgIpc) is 2.48. The van der Waals surface area contributed by atoms with E-state index in [-0.39, 0.29) is 0 Å². The van der Waals surface area contributed by atoms with Crippen molar-refractivity contribution in [1.82, 2.24) is 9.97 Å². The molecule has 1 aromatic carbocycles. The Morgan fingerprint density at radius 2 is 1.90 bits per heavy atom. The lowest BCUT2D eigenvalue weighted by atomic mass is 10.2. The zero-order valence-corrected chi connectivity index (χ0v) is 11.2. The highest BCUT2D eigenvalue weighted by molar-refractivity contribution is 6.31. The third-order valence-corrected chi connectivity index (χ3v) is 3.04. The minimum Gasteiger partial charge on any atom is -0.278 e. The number of anilines is 1. The molecule has 2 heterocycles. The highest BCUT2D eigenvalue weighted by Crippen LogP contribution is 2.24. The standard InChI is InChI=1S/C15H11ClN4/c16-12-1-2-13-14(5-8-18-15(13)9-12)20-19-10-11-3-6-17-7-4-11/h1-10H,(H,18,20)/b19-10+. The van der Waals surface area contributed by atoms with Crippen molar-refractivity contribution in [1.29, 1.82) is 0 Å². The maximum atomic E-state index is 5.96. The van der Waals surface area contributed by atoms with Crippen LogP contribution in [-0.2, 0) is 0 Å². The van der Waals surface area contributed by atoms with E-state index in [0.717, 1.165) is 22.2 Å². The summed E-state index contributed by atoms with van der Waals surface area (Å²) >= 11 is 5.96. The van der Waals surface area contributed by atoms with Crippen molar-refractivity contribution in [3.05, 3.63) is 65.6 Å². The highest BCUT2D eigenvalue weighted by atomic mass is 35.5. The van der Waals surface area contributed by atoms with Gasteiger partial charge in [0, 0.05) is 29.0 Å². The van der Waals surface area contributed by atoms with E-state index in [0.29, 0.717) is 5.02 Å². The Labute approximate surface area is 121 Å². The van der Waals surface area contributed by atoms with E-state index >= 15 is 0 Å². The summed E-state index contributed by atoms with van der Waals surface area (Å²) < 4.78 is 0. The SMILES string of the molecule is Clc1ccc2c(N/N=C/c3ccncc3)ccnc2c1. The molecule has 0 fully saturated rings. The van der Waals surface area contributed by atoms with Crippen LogP contribution in [0.3, 0.4) is 0 Å². The van der Waals surface area contributed by atoms with Crippen LogP contribution in [0, 0.1) is 0 Å². The molecule has 5 heteroatoms. The monoisotopic (exact) mass is 282 g/mol. The van der Waals surface area contributed by atoms with E-state index in [4.69, 9.17) is 11.6 Å². The minimum atomic E-state index is 0.669. The van der Waals surface area contributed by atoms with E-state index in [2.05, 4.69) is 20.5 Å². The van der Waals surface area contributed by atoms with E-state index in [1.54, 1.807) is 24.8 Å². The van der Waals surface area contributed by atoms with E-state index < -0.39 is 0 Å². The van der Waals surface area contributed by atoms with Crippen LogP contribution in [0.2, 0.25) is 5.02 Å². The van der Waals surface area contributed by atoms with Gasteiger partial charge in [0.05, 0.1) is 17.4 Å². The summed E-state index contributed by atoms with van der Waals surface area (Å²) in [6, 6.07) is 11.2. The molecule has 2 aromatic heterocycles. The van der Waals surface area contributed by atoms with Crippen molar-refractivity contribution in [3.8, 4) is 0 Å². The van der Waals surface area contributed by atoms with Crippen LogP contribution in [0.5, 0.6) is 0 Å². The van der Waals surface area contributed by atoms with Crippen molar-refractivity contribution in [2.24, 2.45) is 5.10 Å². The van der Waals surface area contributed by atoms with Crippen molar-refractivity contribution in [2.45, 2.75) is 0 Å². The molecular weight excluding hydrogens is 272 g/mol. The Hall–Kier alpha value is -2.46. The smallest absolute Gasteiger partial charge is 0.0738 e. The van der Waals surface area contributed by atoms with E-state index in [1.165, 1.54) is 0 Å². The van der Waals surface area contributed by atoms with Crippen LogP contribution in [0.15, 0.2) is 60.1 Å². The second kappa shape index (κ2) is 5.67. The molecule has 0 aliphatic heterocycles. The maximum absolute atomic E-state index is 5.96. The van der Waals surface area contributed by atoms with Gasteiger partial charge >= 0.3 is 0 Å². The fourth-order valence-corrected chi connectivity index (χ4v) is 2.01. The van der Waals surface area contributed by atoms with Gasteiger partial charge in [-0.25, -0.2) is 0 Å². The molecule has 0 spiro atoms. The molecule has 3 rings (SSSR count). The van der Waals surface area contributed by atoms with Crippen molar-refractivity contribution < 1.29 is 0 Å². The number of halogens is 1. The molecule has 4 nitrogen and oxygen atoms in total. The van der Waals surface area contributed by atoms with Crippen molar-refractivity contribution in [3.63, 3.8) is 0 Å². The summed E-state index contributed by atoms with van der Waals surface area (Å²) in [5, 5.41) is 5.87. The number of nitrogens with zero attached hydrogens (tertiary/aromatic N) is 3. The van der Waals surface area contributed by atoms with Crippen LogP contribution in [0.25, 0.3) is 10.9 Å². The average molecular weight is 283 g/mol. The van der Waals surface area contributed by atoms with Gasteiger partial charge in [0.1, 0.15) is 0 Å². The lowest BCUT2D eigenvalue weighted by molar-refractivity contribution is 1.31. The van der Waals surface area contributed by atoms with Crippen molar-refractivity contribution in [2.75, 3.05) is 5.43 Å². The Bertz CT molecular complexity index is 756. The van der Waals surface area contributed by atoms with Gasteiger partial charge in [0.25, 0.3) is 0 Å². The first-order chi connectivity index (χ1) is 9.83. The Morgan fingerprint density at radius 1 is 1.05 bits per heavy atom. The van der Waals surface area contributed by atoms with Crippen LogP contribution in [-0.4, -0.2) is 16.2 Å². The first-order valence-electron chi connectivity index (χ1n) is 6.06. The molecule has 98 valence electrons. The van der Waals surface area contributed by atoms with Gasteiger partial charge in [-0.05, 0) is 42.0 Å². The third kappa shape index (κ3) is 2.75. The highest BCUT2D eigenvalue weighted by Gasteiger charge is 2.01. The second-order valence-corrected chi connectivity index (χ2v) is 4.61. The quantitative estimate of drug-likeness (QED) is 0.588. The van der Waals surface area contributed by atoms with E-state index in [1.807, 2.05) is 36.4 Å². The van der Waals surface area contributed by atoms with Gasteiger partial charge in [-0.15, -0.1) is 0 Å². The number of aromatic nitrogens is 2. The Kier molecular flexibility index (Phi) is 3.56. The Balaban J connectivity index is 1.86. The van der Waals surface area contributed by atoms with Gasteiger partial charge in [0.15, 0.2) is 0 Å². The molecule has 0 amide bonds. The van der Waals surface area contributed by atoms with E-state index in [9.17, 15) is 0 Å². The lowest BCUT2D eigenvalue weighted by Crippen LogP contribution is -1.92. The van der Waals surface area contributed by atoms with Crippen LogP contribution in [0.1, 0.15) is 5.56 Å². The molecule has 1 N–H and O–H groups in total. The second-order valence-electron chi connectivity index (χ2n) is 4.17. The van der Waals surface area contributed by atoms with Crippen LogP contribution < -0.4 is 5.43 Å². The molecule has 0 aliphatic rings. The molecule has 3 aromatic rings. The molecule has 0 bridgehead atoms. The summed E-state index contributed by atoms with van der Waals surface area (Å²) in [4.78, 5) is 8.24. The zero-order chi connectivity index (χ0) is 13.8. The number of benzene rings is 1. The predicted molar refractivity (Wildman–Crippen MR) is 82.2 cm³/mol. The summed E-state index contributed by atoms with van der Waals surface area (Å²) in [6.45, 7) is 0. The topological polar surface area (TPSA) is 50.2 Å². The summed E-state index contributed by atoms with van der Waals surface area (Å²) in [7, 11) is 0. The fourth-order valence-electron chi connectivity index (χ4n) is 1.84. The molecule has 0 unspecified atom stereocenters. The van der Waals surface area contributed by atoms with Crippen LogP contribution in [0.4, 0.5) is 5.69 Å². The molecule has 0 saturated heterocycles. The minimum absolute atomic E-state index is 0.669. The number of hydrogen-bond acceptors (Lipinski definition) is 4. The number of fused-ring (bicyclic) bond motifs is 1. The number of hydrogen-bond donors (Lipinski definition) is 1.